The van der Waals surface area contributed by atoms with Crippen LogP contribution in [0.5, 0.6) is 5.75 Å². The van der Waals surface area contributed by atoms with Gasteiger partial charge in [0.1, 0.15) is 5.75 Å². The summed E-state index contributed by atoms with van der Waals surface area (Å²) in [4.78, 5) is 1.24. The largest absolute Gasteiger partial charge is 0.493 e. The van der Waals surface area contributed by atoms with Gasteiger partial charge in [-0.3, -0.25) is 5.84 Å². The minimum Gasteiger partial charge on any atom is -0.493 e. The first-order valence-electron chi connectivity index (χ1n) is 7.12. The van der Waals surface area contributed by atoms with Gasteiger partial charge in [0.25, 0.3) is 0 Å². The molecule has 0 aliphatic carbocycles. The molecule has 0 saturated carbocycles. The maximum absolute atomic E-state index is 5.84. The summed E-state index contributed by atoms with van der Waals surface area (Å²) in [6, 6.07) is 16.4. The minimum atomic E-state index is -0.0750. The van der Waals surface area contributed by atoms with Crippen LogP contribution in [0.3, 0.4) is 0 Å². The van der Waals surface area contributed by atoms with Crippen molar-refractivity contribution in [3.63, 3.8) is 0 Å². The summed E-state index contributed by atoms with van der Waals surface area (Å²) in [5.74, 6) is 6.68. The first-order chi connectivity index (χ1) is 10.3. The Kier molecular flexibility index (Phi) is 6.11. The maximum Gasteiger partial charge on any atom is 0.124 e. The fraction of sp³-hybridized carbons (Fsp3) is 0.294. The van der Waals surface area contributed by atoms with Crippen LogP contribution in [0.2, 0.25) is 0 Å². The van der Waals surface area contributed by atoms with Crippen LogP contribution in [0.1, 0.15) is 30.5 Å². The lowest BCUT2D eigenvalue weighted by molar-refractivity contribution is 0.311. The Morgan fingerprint density at radius 3 is 2.48 bits per heavy atom. The van der Waals surface area contributed by atoms with Crippen molar-refractivity contribution in [3.8, 4) is 5.75 Å². The van der Waals surface area contributed by atoms with E-state index in [0.717, 1.165) is 23.3 Å². The number of nitrogens with one attached hydrogen (secondary N) is 1. The Labute approximate surface area is 130 Å². The zero-order valence-corrected chi connectivity index (χ0v) is 13.3. The Hall–Kier alpha value is -1.49. The number of hydrogen-bond acceptors (Lipinski definition) is 4. The predicted octanol–water partition coefficient (Wildman–Crippen LogP) is 3.75. The topological polar surface area (TPSA) is 47.3 Å². The van der Waals surface area contributed by atoms with E-state index in [1.54, 1.807) is 11.8 Å². The Bertz CT molecular complexity index is 557. The monoisotopic (exact) mass is 302 g/mol. The van der Waals surface area contributed by atoms with Crippen molar-refractivity contribution >= 4 is 11.8 Å². The lowest BCUT2D eigenvalue weighted by Crippen LogP contribution is -2.29. The summed E-state index contributed by atoms with van der Waals surface area (Å²) in [6.07, 6.45) is 3.05. The van der Waals surface area contributed by atoms with Gasteiger partial charge in [0.2, 0.25) is 0 Å². The molecule has 0 aliphatic heterocycles. The molecule has 0 radical (unpaired) electrons. The summed E-state index contributed by atoms with van der Waals surface area (Å²) < 4.78 is 5.84. The molecule has 0 fully saturated rings. The van der Waals surface area contributed by atoms with Gasteiger partial charge < -0.3 is 4.74 Å². The fourth-order valence-corrected chi connectivity index (χ4v) is 2.63. The molecule has 112 valence electrons. The third-order valence-electron chi connectivity index (χ3n) is 3.31. The van der Waals surface area contributed by atoms with Crippen molar-refractivity contribution in [2.24, 2.45) is 5.84 Å². The van der Waals surface area contributed by atoms with Gasteiger partial charge in [-0.05, 0) is 36.4 Å². The molecule has 3 N–H and O–H groups in total. The fourth-order valence-electron chi connectivity index (χ4n) is 2.22. The number of nitrogens with two attached hydrogens (primary N) is 1. The summed E-state index contributed by atoms with van der Waals surface area (Å²) >= 11 is 1.73. The van der Waals surface area contributed by atoms with Crippen LogP contribution in [0.15, 0.2) is 53.4 Å². The normalized spacial score (nSPS) is 12.1. The van der Waals surface area contributed by atoms with Crippen LogP contribution in [-0.2, 0) is 0 Å². The van der Waals surface area contributed by atoms with Gasteiger partial charge >= 0.3 is 0 Å². The second-order valence-electron chi connectivity index (χ2n) is 4.76. The molecule has 0 saturated heterocycles. The maximum atomic E-state index is 5.84. The van der Waals surface area contributed by atoms with Gasteiger partial charge in [-0.1, -0.05) is 37.3 Å². The van der Waals surface area contributed by atoms with E-state index in [9.17, 15) is 0 Å². The first-order valence-corrected chi connectivity index (χ1v) is 8.34. The highest BCUT2D eigenvalue weighted by atomic mass is 32.2. The lowest BCUT2D eigenvalue weighted by Gasteiger charge is -2.20. The molecule has 4 heteroatoms. The van der Waals surface area contributed by atoms with Crippen LogP contribution >= 0.6 is 11.8 Å². The predicted molar refractivity (Wildman–Crippen MR) is 89.6 cm³/mol. The molecule has 3 nitrogen and oxygen atoms in total. The van der Waals surface area contributed by atoms with Gasteiger partial charge in [-0.25, -0.2) is 5.43 Å². The van der Waals surface area contributed by atoms with Crippen molar-refractivity contribution in [1.29, 1.82) is 0 Å². The first kappa shape index (κ1) is 15.9. The third-order valence-corrected chi connectivity index (χ3v) is 4.05. The summed E-state index contributed by atoms with van der Waals surface area (Å²) in [7, 11) is 0. The average Bonchev–Trinajstić information content (AvgIpc) is 2.55. The van der Waals surface area contributed by atoms with Gasteiger partial charge in [-0.15, -0.1) is 11.8 Å². The number of thioether (sulfide) groups is 1. The number of benzene rings is 2. The van der Waals surface area contributed by atoms with Crippen LogP contribution in [0.4, 0.5) is 0 Å². The highest BCUT2D eigenvalue weighted by Gasteiger charge is 2.16. The third kappa shape index (κ3) is 4.00. The molecule has 2 aromatic rings. The molecule has 0 amide bonds. The molecule has 2 rings (SSSR count). The van der Waals surface area contributed by atoms with Gasteiger partial charge in [0, 0.05) is 10.5 Å². The molecule has 0 heterocycles. The van der Waals surface area contributed by atoms with Gasteiger partial charge in [0.15, 0.2) is 0 Å². The summed E-state index contributed by atoms with van der Waals surface area (Å²) in [5.41, 5.74) is 5.09. The Morgan fingerprint density at radius 1 is 1.14 bits per heavy atom. The molecule has 1 atom stereocenters. The van der Waals surface area contributed by atoms with Crippen molar-refractivity contribution in [3.05, 3.63) is 59.7 Å². The number of rotatable bonds is 7. The standard InChI is InChI=1S/C17H22N2OS/c1-3-12-20-16-7-5-4-6-15(16)17(19-18)13-8-10-14(21-2)11-9-13/h4-11,17,19H,3,12,18H2,1-2H3. The number of hydrazine groups is 1. The molecule has 0 aliphatic rings. The zero-order valence-electron chi connectivity index (χ0n) is 12.5. The van der Waals surface area contributed by atoms with E-state index in [0.29, 0.717) is 6.61 Å². The van der Waals surface area contributed by atoms with E-state index in [1.165, 1.54) is 4.90 Å². The van der Waals surface area contributed by atoms with E-state index in [-0.39, 0.29) is 6.04 Å². The van der Waals surface area contributed by atoms with Crippen LogP contribution in [0, 0.1) is 0 Å². The van der Waals surface area contributed by atoms with Crippen molar-refractivity contribution in [1.82, 2.24) is 5.43 Å². The Morgan fingerprint density at radius 2 is 1.86 bits per heavy atom. The lowest BCUT2D eigenvalue weighted by atomic mass is 9.98. The molecular formula is C17H22N2OS. The molecule has 2 aromatic carbocycles. The second-order valence-corrected chi connectivity index (χ2v) is 5.64. The summed E-state index contributed by atoms with van der Waals surface area (Å²) in [6.45, 7) is 2.81. The van der Waals surface area contributed by atoms with E-state index in [1.807, 2.05) is 18.2 Å². The van der Waals surface area contributed by atoms with E-state index in [2.05, 4.69) is 48.9 Å². The van der Waals surface area contributed by atoms with Crippen LogP contribution in [-0.4, -0.2) is 12.9 Å². The van der Waals surface area contributed by atoms with Crippen molar-refractivity contribution in [2.45, 2.75) is 24.3 Å². The second kappa shape index (κ2) is 8.08. The van der Waals surface area contributed by atoms with E-state index >= 15 is 0 Å². The number of para-hydroxylation sites is 1. The molecule has 1 unspecified atom stereocenters. The van der Waals surface area contributed by atoms with Crippen molar-refractivity contribution in [2.75, 3.05) is 12.9 Å². The van der Waals surface area contributed by atoms with E-state index in [4.69, 9.17) is 10.6 Å². The van der Waals surface area contributed by atoms with E-state index < -0.39 is 0 Å². The van der Waals surface area contributed by atoms with Gasteiger partial charge in [0.05, 0.1) is 12.6 Å². The van der Waals surface area contributed by atoms with Crippen molar-refractivity contribution < 1.29 is 4.74 Å². The quantitative estimate of drug-likeness (QED) is 0.464. The molecule has 21 heavy (non-hydrogen) atoms. The molecule has 0 bridgehead atoms. The Balaban J connectivity index is 2.31. The highest BCUT2D eigenvalue weighted by molar-refractivity contribution is 7.98. The number of ether oxygens (including phenoxy) is 1. The highest BCUT2D eigenvalue weighted by Crippen LogP contribution is 2.30. The minimum absolute atomic E-state index is 0.0750. The van der Waals surface area contributed by atoms with Crippen LogP contribution < -0.4 is 16.0 Å². The molecule has 0 spiro atoms. The molecular weight excluding hydrogens is 280 g/mol. The SMILES string of the molecule is CCCOc1ccccc1C(NN)c1ccc(SC)cc1. The van der Waals surface area contributed by atoms with Crippen LogP contribution in [0.25, 0.3) is 0 Å². The summed E-state index contributed by atoms with van der Waals surface area (Å²) in [5, 5.41) is 0. The average molecular weight is 302 g/mol. The zero-order chi connectivity index (χ0) is 15.1. The number of hydrogen-bond donors (Lipinski definition) is 2. The van der Waals surface area contributed by atoms with Gasteiger partial charge in [-0.2, -0.15) is 0 Å². The smallest absolute Gasteiger partial charge is 0.124 e. The molecule has 0 aromatic heterocycles.